The number of halogens is 1. The lowest BCUT2D eigenvalue weighted by molar-refractivity contribution is 0.0325. The molecule has 3 heterocycles. The fourth-order valence-corrected chi connectivity index (χ4v) is 4.32. The SMILES string of the molecule is C[C@H](CO)N1C[C@H](C)[C@H](CN(C)Cc2ccncc2)Oc2ncc(-c3cccc(F)c3)cc2C1=O. The Labute approximate surface area is 205 Å². The molecular formula is C27H31FN4O3. The van der Waals surface area contributed by atoms with Gasteiger partial charge in [-0.15, -0.1) is 0 Å². The second kappa shape index (κ2) is 10.9. The molecule has 184 valence electrons. The van der Waals surface area contributed by atoms with Crippen LogP contribution in [0.3, 0.4) is 0 Å². The normalized spacial score (nSPS) is 19.0. The third kappa shape index (κ3) is 5.83. The first-order valence-electron chi connectivity index (χ1n) is 11.8. The van der Waals surface area contributed by atoms with Crippen LogP contribution in [0, 0.1) is 11.7 Å². The monoisotopic (exact) mass is 478 g/mol. The number of hydrogen-bond donors (Lipinski definition) is 1. The summed E-state index contributed by atoms with van der Waals surface area (Å²) < 4.78 is 20.2. The second-order valence-electron chi connectivity index (χ2n) is 9.26. The summed E-state index contributed by atoms with van der Waals surface area (Å²) >= 11 is 0. The zero-order valence-corrected chi connectivity index (χ0v) is 20.3. The molecule has 35 heavy (non-hydrogen) atoms. The largest absolute Gasteiger partial charge is 0.472 e. The van der Waals surface area contributed by atoms with Gasteiger partial charge in [0.15, 0.2) is 0 Å². The highest BCUT2D eigenvalue weighted by Gasteiger charge is 2.34. The zero-order valence-electron chi connectivity index (χ0n) is 20.3. The number of aliphatic hydroxyl groups excluding tert-OH is 1. The number of carbonyl (C=O) groups excluding carboxylic acids is 1. The lowest BCUT2D eigenvalue weighted by Crippen LogP contribution is -2.49. The van der Waals surface area contributed by atoms with E-state index in [1.54, 1.807) is 41.7 Å². The number of amides is 1. The standard InChI is InChI=1S/C27H31FN4O3/c1-18-14-32(19(2)17-33)27(34)24-12-22(21-5-4-6-23(28)11-21)13-30-26(24)35-25(18)16-31(3)15-20-7-9-29-10-8-20/h4-13,18-19,25,33H,14-17H2,1-3H3/t18-,19+,25-/m0/s1. The van der Waals surface area contributed by atoms with Gasteiger partial charge in [-0.1, -0.05) is 19.1 Å². The van der Waals surface area contributed by atoms with Crippen LogP contribution < -0.4 is 4.74 Å². The maximum atomic E-state index is 13.8. The van der Waals surface area contributed by atoms with E-state index in [-0.39, 0.29) is 42.3 Å². The van der Waals surface area contributed by atoms with Gasteiger partial charge in [0, 0.05) is 49.7 Å². The number of aliphatic hydroxyl groups is 1. The minimum atomic E-state index is -0.371. The topological polar surface area (TPSA) is 78.8 Å². The molecule has 1 aromatic carbocycles. The molecule has 3 atom stereocenters. The molecule has 1 aliphatic heterocycles. The molecule has 0 fully saturated rings. The van der Waals surface area contributed by atoms with Gasteiger partial charge in [0.05, 0.1) is 12.6 Å². The fraction of sp³-hybridized carbons (Fsp3) is 0.370. The smallest absolute Gasteiger partial charge is 0.259 e. The molecule has 0 aliphatic carbocycles. The van der Waals surface area contributed by atoms with E-state index >= 15 is 0 Å². The van der Waals surface area contributed by atoms with Crippen molar-refractivity contribution in [3.63, 3.8) is 0 Å². The molecule has 1 aliphatic rings. The minimum Gasteiger partial charge on any atom is -0.472 e. The number of rotatable bonds is 7. The van der Waals surface area contributed by atoms with Gasteiger partial charge in [-0.3, -0.25) is 14.7 Å². The maximum absolute atomic E-state index is 13.8. The summed E-state index contributed by atoms with van der Waals surface area (Å²) in [5.74, 6) is -0.383. The molecule has 1 N–H and O–H groups in total. The molecule has 0 spiro atoms. The van der Waals surface area contributed by atoms with E-state index in [9.17, 15) is 14.3 Å². The maximum Gasteiger partial charge on any atom is 0.259 e. The van der Waals surface area contributed by atoms with Crippen molar-refractivity contribution in [3.8, 4) is 17.0 Å². The highest BCUT2D eigenvalue weighted by Crippen LogP contribution is 2.30. The van der Waals surface area contributed by atoms with E-state index in [4.69, 9.17) is 4.74 Å². The van der Waals surface area contributed by atoms with E-state index in [0.29, 0.717) is 29.8 Å². The molecule has 0 radical (unpaired) electrons. The molecular weight excluding hydrogens is 447 g/mol. The number of benzene rings is 1. The predicted molar refractivity (Wildman–Crippen MR) is 131 cm³/mol. The first-order chi connectivity index (χ1) is 16.9. The Morgan fingerprint density at radius 3 is 2.71 bits per heavy atom. The summed E-state index contributed by atoms with van der Waals surface area (Å²) in [6, 6.07) is 11.5. The number of nitrogens with zero attached hydrogens (tertiary/aromatic N) is 4. The van der Waals surface area contributed by atoms with Crippen LogP contribution in [-0.4, -0.2) is 69.7 Å². The summed E-state index contributed by atoms with van der Waals surface area (Å²) in [6.07, 6.45) is 4.90. The summed E-state index contributed by atoms with van der Waals surface area (Å²) in [5, 5.41) is 9.84. The molecule has 7 nitrogen and oxygen atoms in total. The van der Waals surface area contributed by atoms with Crippen LogP contribution in [0.1, 0.15) is 29.8 Å². The van der Waals surface area contributed by atoms with Crippen molar-refractivity contribution in [1.82, 2.24) is 19.8 Å². The summed E-state index contributed by atoms with van der Waals surface area (Å²) in [5.41, 5.74) is 2.70. The van der Waals surface area contributed by atoms with Gasteiger partial charge in [-0.2, -0.15) is 0 Å². The fourth-order valence-electron chi connectivity index (χ4n) is 4.32. The van der Waals surface area contributed by atoms with Crippen LogP contribution in [-0.2, 0) is 6.54 Å². The van der Waals surface area contributed by atoms with Crippen molar-refractivity contribution >= 4 is 5.91 Å². The van der Waals surface area contributed by atoms with Gasteiger partial charge >= 0.3 is 0 Å². The van der Waals surface area contributed by atoms with Crippen LogP contribution in [0.15, 0.2) is 61.1 Å². The number of hydrogen-bond acceptors (Lipinski definition) is 6. The van der Waals surface area contributed by atoms with E-state index in [1.807, 2.05) is 33.0 Å². The number of aromatic nitrogens is 2. The first kappa shape index (κ1) is 24.8. The average Bonchev–Trinajstić information content (AvgIpc) is 2.86. The lowest BCUT2D eigenvalue weighted by Gasteiger charge is -2.37. The Kier molecular flexibility index (Phi) is 7.73. The van der Waals surface area contributed by atoms with Crippen LogP contribution in [0.4, 0.5) is 4.39 Å². The van der Waals surface area contributed by atoms with Gasteiger partial charge in [-0.25, -0.2) is 9.37 Å². The van der Waals surface area contributed by atoms with E-state index in [1.165, 1.54) is 12.1 Å². The molecule has 2 aromatic heterocycles. The summed E-state index contributed by atoms with van der Waals surface area (Å²) in [4.78, 5) is 26.0. The van der Waals surface area contributed by atoms with E-state index in [2.05, 4.69) is 14.9 Å². The van der Waals surface area contributed by atoms with Crippen LogP contribution in [0.25, 0.3) is 11.1 Å². The quantitative estimate of drug-likeness (QED) is 0.559. The number of carbonyl (C=O) groups is 1. The zero-order chi connectivity index (χ0) is 24.9. The van der Waals surface area contributed by atoms with Crippen molar-refractivity contribution in [2.24, 2.45) is 5.92 Å². The van der Waals surface area contributed by atoms with E-state index in [0.717, 1.165) is 12.1 Å². The number of pyridine rings is 2. The highest BCUT2D eigenvalue weighted by molar-refractivity contribution is 5.98. The lowest BCUT2D eigenvalue weighted by atomic mass is 9.99. The van der Waals surface area contributed by atoms with Crippen molar-refractivity contribution in [3.05, 3.63) is 78.0 Å². The van der Waals surface area contributed by atoms with Gasteiger partial charge < -0.3 is 14.7 Å². The predicted octanol–water partition coefficient (Wildman–Crippen LogP) is 3.63. The Morgan fingerprint density at radius 1 is 1.23 bits per heavy atom. The Bertz CT molecular complexity index is 1160. The van der Waals surface area contributed by atoms with Gasteiger partial charge in [-0.05, 0) is 55.4 Å². The van der Waals surface area contributed by atoms with Gasteiger partial charge in [0.2, 0.25) is 5.88 Å². The molecule has 4 rings (SSSR count). The summed E-state index contributed by atoms with van der Waals surface area (Å²) in [7, 11) is 2.02. The molecule has 3 aromatic rings. The van der Waals surface area contributed by atoms with Crippen molar-refractivity contribution in [2.45, 2.75) is 32.5 Å². The Hall–Kier alpha value is -3.36. The van der Waals surface area contributed by atoms with Crippen molar-refractivity contribution < 1.29 is 19.0 Å². The molecule has 0 bridgehead atoms. The molecule has 0 saturated carbocycles. The minimum absolute atomic E-state index is 0.00862. The molecule has 0 unspecified atom stereocenters. The third-order valence-corrected chi connectivity index (χ3v) is 6.37. The molecule has 1 amide bonds. The molecule has 8 heteroatoms. The molecule has 0 saturated heterocycles. The van der Waals surface area contributed by atoms with Crippen molar-refractivity contribution in [1.29, 1.82) is 0 Å². The highest BCUT2D eigenvalue weighted by atomic mass is 19.1. The summed E-state index contributed by atoms with van der Waals surface area (Å²) in [6.45, 7) is 5.48. The number of fused-ring (bicyclic) bond motifs is 1. The van der Waals surface area contributed by atoms with Crippen LogP contribution >= 0.6 is 0 Å². The number of likely N-dealkylation sites (N-methyl/N-ethyl adjacent to an activating group) is 1. The second-order valence-corrected chi connectivity index (χ2v) is 9.26. The van der Waals surface area contributed by atoms with Crippen LogP contribution in [0.5, 0.6) is 5.88 Å². The number of ether oxygens (including phenoxy) is 1. The van der Waals surface area contributed by atoms with Gasteiger partial charge in [0.25, 0.3) is 5.91 Å². The Balaban J connectivity index is 1.66. The van der Waals surface area contributed by atoms with E-state index < -0.39 is 0 Å². The first-order valence-corrected chi connectivity index (χ1v) is 11.8. The van der Waals surface area contributed by atoms with Gasteiger partial charge in [0.1, 0.15) is 17.5 Å². The third-order valence-electron chi connectivity index (χ3n) is 6.37. The Morgan fingerprint density at radius 2 is 2.00 bits per heavy atom. The average molecular weight is 479 g/mol. The van der Waals surface area contributed by atoms with Crippen LogP contribution in [0.2, 0.25) is 0 Å². The van der Waals surface area contributed by atoms with Crippen molar-refractivity contribution in [2.75, 3.05) is 26.7 Å².